The summed E-state index contributed by atoms with van der Waals surface area (Å²) < 4.78 is 5.24. The molecule has 0 spiro atoms. The number of nitrogens with one attached hydrogen (secondary N) is 1. The second-order valence-corrected chi connectivity index (χ2v) is 4.59. The number of hydrogen-bond acceptors (Lipinski definition) is 5. The highest BCUT2D eigenvalue weighted by atomic mass is 16.6. The van der Waals surface area contributed by atoms with Crippen LogP contribution in [-0.2, 0) is 11.3 Å². The maximum Gasteiger partial charge on any atom is 0.344 e. The fourth-order valence-electron chi connectivity index (χ4n) is 1.79. The van der Waals surface area contributed by atoms with Gasteiger partial charge < -0.3 is 15.2 Å². The van der Waals surface area contributed by atoms with Crippen molar-refractivity contribution < 1.29 is 19.6 Å². The first-order chi connectivity index (χ1) is 9.99. The van der Waals surface area contributed by atoms with Crippen molar-refractivity contribution in [1.29, 1.82) is 0 Å². The molecule has 0 aliphatic heterocycles. The minimum atomic E-state index is -1.14. The van der Waals surface area contributed by atoms with Crippen molar-refractivity contribution in [2.24, 2.45) is 0 Å². The van der Waals surface area contributed by atoms with Crippen molar-refractivity contribution in [2.75, 3.05) is 6.54 Å². The van der Waals surface area contributed by atoms with Crippen LogP contribution in [0.4, 0.5) is 5.69 Å². The number of carboxylic acids is 1. The predicted octanol–water partition coefficient (Wildman–Crippen LogP) is 2.34. The van der Waals surface area contributed by atoms with Gasteiger partial charge in [-0.05, 0) is 31.0 Å². The van der Waals surface area contributed by atoms with Crippen LogP contribution in [0.3, 0.4) is 0 Å². The molecule has 0 fully saturated rings. The van der Waals surface area contributed by atoms with Crippen LogP contribution in [-0.4, -0.2) is 28.6 Å². The van der Waals surface area contributed by atoms with E-state index in [1.807, 2.05) is 6.92 Å². The summed E-state index contributed by atoms with van der Waals surface area (Å²) in [7, 11) is 0. The van der Waals surface area contributed by atoms with Crippen LogP contribution in [0.1, 0.15) is 32.3 Å². The molecule has 0 amide bonds. The number of hydrogen-bond donors (Lipinski definition) is 2. The number of nitrogens with zero attached hydrogens (tertiary/aromatic N) is 1. The summed E-state index contributed by atoms with van der Waals surface area (Å²) in [5, 5.41) is 23.2. The van der Waals surface area contributed by atoms with Crippen LogP contribution >= 0.6 is 0 Å². The van der Waals surface area contributed by atoms with Crippen LogP contribution in [0.2, 0.25) is 0 Å². The Morgan fingerprint density at radius 3 is 2.71 bits per heavy atom. The molecular weight excluding hydrogens is 276 g/mol. The van der Waals surface area contributed by atoms with Gasteiger partial charge in [-0.25, -0.2) is 4.79 Å². The third kappa shape index (κ3) is 5.03. The Labute approximate surface area is 123 Å². The SMILES string of the molecule is CCCNCc1ccc(OC(CC)C(=O)O)c([N+](=O)[O-])c1. The minimum absolute atomic E-state index is 0.0199. The topological polar surface area (TPSA) is 102 Å². The largest absolute Gasteiger partial charge is 0.479 e. The van der Waals surface area contributed by atoms with E-state index in [-0.39, 0.29) is 17.9 Å². The number of carbonyl (C=O) groups is 1. The molecule has 21 heavy (non-hydrogen) atoms. The molecule has 1 atom stereocenters. The van der Waals surface area contributed by atoms with E-state index in [9.17, 15) is 14.9 Å². The Bertz CT molecular complexity index is 504. The molecule has 0 saturated heterocycles. The fourth-order valence-corrected chi connectivity index (χ4v) is 1.79. The van der Waals surface area contributed by atoms with Gasteiger partial charge in [0.25, 0.3) is 0 Å². The smallest absolute Gasteiger partial charge is 0.344 e. The number of carboxylic acid groups (broad SMARTS) is 1. The molecule has 7 heteroatoms. The first kappa shape index (κ1) is 16.9. The molecule has 0 saturated carbocycles. The summed E-state index contributed by atoms with van der Waals surface area (Å²) >= 11 is 0. The maximum absolute atomic E-state index is 11.1. The van der Waals surface area contributed by atoms with Gasteiger partial charge in [-0.15, -0.1) is 0 Å². The van der Waals surface area contributed by atoms with Crippen LogP contribution < -0.4 is 10.1 Å². The molecule has 0 aromatic heterocycles. The molecule has 0 radical (unpaired) electrons. The van der Waals surface area contributed by atoms with Gasteiger partial charge in [0.05, 0.1) is 4.92 Å². The zero-order chi connectivity index (χ0) is 15.8. The summed E-state index contributed by atoms with van der Waals surface area (Å²) in [5.74, 6) is -1.16. The van der Waals surface area contributed by atoms with Crippen molar-refractivity contribution >= 4 is 11.7 Å². The van der Waals surface area contributed by atoms with Crippen LogP contribution in [0, 0.1) is 10.1 Å². The third-order valence-electron chi connectivity index (χ3n) is 2.89. The van der Waals surface area contributed by atoms with Gasteiger partial charge in [0.1, 0.15) is 0 Å². The number of nitro benzene ring substituents is 1. The molecular formula is C14H20N2O5. The second-order valence-electron chi connectivity index (χ2n) is 4.59. The van der Waals surface area contributed by atoms with Gasteiger partial charge in [-0.2, -0.15) is 0 Å². The average Bonchev–Trinajstić information content (AvgIpc) is 2.45. The standard InChI is InChI=1S/C14H20N2O5/c1-3-7-15-9-10-5-6-13(11(8-10)16(19)20)21-12(4-2)14(17)18/h5-6,8,12,15H,3-4,7,9H2,1-2H3,(H,17,18). The number of nitro groups is 1. The second kappa shape index (κ2) is 8.21. The van der Waals surface area contributed by atoms with Crippen molar-refractivity contribution in [2.45, 2.75) is 39.3 Å². The molecule has 7 nitrogen and oxygen atoms in total. The summed E-state index contributed by atoms with van der Waals surface area (Å²) in [6, 6.07) is 4.55. The molecule has 1 aromatic carbocycles. The molecule has 116 valence electrons. The van der Waals surface area contributed by atoms with Crippen molar-refractivity contribution in [3.8, 4) is 5.75 Å². The quantitative estimate of drug-likeness (QED) is 0.412. The van der Waals surface area contributed by atoms with E-state index in [0.717, 1.165) is 18.5 Å². The minimum Gasteiger partial charge on any atom is -0.479 e. The Hall–Kier alpha value is -2.15. The Kier molecular flexibility index (Phi) is 6.61. The van der Waals surface area contributed by atoms with E-state index in [1.165, 1.54) is 12.1 Å². The summed E-state index contributed by atoms with van der Waals surface area (Å²) in [6.07, 6.45) is 0.111. The van der Waals surface area contributed by atoms with E-state index in [4.69, 9.17) is 9.84 Å². The molecule has 1 aromatic rings. The summed E-state index contributed by atoms with van der Waals surface area (Å²) in [6.45, 7) is 5.02. The molecule has 0 aliphatic rings. The molecule has 2 N–H and O–H groups in total. The monoisotopic (exact) mass is 296 g/mol. The molecule has 1 unspecified atom stereocenters. The highest BCUT2D eigenvalue weighted by molar-refractivity contribution is 5.73. The van der Waals surface area contributed by atoms with Crippen LogP contribution in [0.5, 0.6) is 5.75 Å². The van der Waals surface area contributed by atoms with Gasteiger partial charge in [0.2, 0.25) is 0 Å². The van der Waals surface area contributed by atoms with E-state index >= 15 is 0 Å². The Morgan fingerprint density at radius 2 is 2.19 bits per heavy atom. The lowest BCUT2D eigenvalue weighted by Gasteiger charge is -2.13. The first-order valence-corrected chi connectivity index (χ1v) is 6.87. The first-order valence-electron chi connectivity index (χ1n) is 6.87. The average molecular weight is 296 g/mol. The number of aliphatic carboxylic acids is 1. The maximum atomic E-state index is 11.1. The van der Waals surface area contributed by atoms with E-state index < -0.39 is 17.0 Å². The zero-order valence-corrected chi connectivity index (χ0v) is 12.2. The van der Waals surface area contributed by atoms with E-state index in [2.05, 4.69) is 5.32 Å². The molecule has 1 rings (SSSR count). The zero-order valence-electron chi connectivity index (χ0n) is 12.2. The number of rotatable bonds is 9. The lowest BCUT2D eigenvalue weighted by atomic mass is 10.1. The summed E-state index contributed by atoms with van der Waals surface area (Å²) in [5.41, 5.74) is 0.538. The van der Waals surface area contributed by atoms with E-state index in [0.29, 0.717) is 6.54 Å². The lowest BCUT2D eigenvalue weighted by molar-refractivity contribution is -0.386. The Morgan fingerprint density at radius 1 is 1.48 bits per heavy atom. The summed E-state index contributed by atoms with van der Waals surface area (Å²) in [4.78, 5) is 21.5. The highest BCUT2D eigenvalue weighted by Crippen LogP contribution is 2.29. The lowest BCUT2D eigenvalue weighted by Crippen LogP contribution is -2.26. The van der Waals surface area contributed by atoms with Gasteiger partial charge in [0.15, 0.2) is 11.9 Å². The van der Waals surface area contributed by atoms with Crippen molar-refractivity contribution in [3.63, 3.8) is 0 Å². The predicted molar refractivity (Wildman–Crippen MR) is 77.4 cm³/mol. The normalized spacial score (nSPS) is 11.9. The van der Waals surface area contributed by atoms with Gasteiger partial charge in [-0.3, -0.25) is 10.1 Å². The third-order valence-corrected chi connectivity index (χ3v) is 2.89. The van der Waals surface area contributed by atoms with Gasteiger partial charge in [-0.1, -0.05) is 19.9 Å². The fraction of sp³-hybridized carbons (Fsp3) is 0.500. The number of benzene rings is 1. The Balaban J connectivity index is 2.93. The number of ether oxygens (including phenoxy) is 1. The van der Waals surface area contributed by atoms with Crippen molar-refractivity contribution in [1.82, 2.24) is 5.32 Å². The molecule has 0 heterocycles. The molecule has 0 aliphatic carbocycles. The van der Waals surface area contributed by atoms with Crippen molar-refractivity contribution in [3.05, 3.63) is 33.9 Å². The van der Waals surface area contributed by atoms with Gasteiger partial charge >= 0.3 is 11.7 Å². The van der Waals surface area contributed by atoms with Crippen LogP contribution in [0.15, 0.2) is 18.2 Å². The molecule has 0 bridgehead atoms. The van der Waals surface area contributed by atoms with E-state index in [1.54, 1.807) is 13.0 Å². The highest BCUT2D eigenvalue weighted by Gasteiger charge is 2.23. The van der Waals surface area contributed by atoms with Gasteiger partial charge in [0, 0.05) is 12.6 Å². The van der Waals surface area contributed by atoms with Crippen LogP contribution in [0.25, 0.3) is 0 Å².